The fourth-order valence-electron chi connectivity index (χ4n) is 3.01. The van der Waals surface area contributed by atoms with Crippen molar-refractivity contribution in [3.05, 3.63) is 42.0 Å². The van der Waals surface area contributed by atoms with Gasteiger partial charge in [-0.1, -0.05) is 25.1 Å². The van der Waals surface area contributed by atoms with E-state index in [4.69, 9.17) is 10.5 Å². The second-order valence-electron chi connectivity index (χ2n) is 5.71. The Morgan fingerprint density at radius 2 is 2.04 bits per heavy atom. The smallest absolute Gasteiger partial charge is 0.229 e. The molecule has 0 aromatic heterocycles. The minimum atomic E-state index is -3.33. The van der Waals surface area contributed by atoms with Crippen LogP contribution in [0.5, 0.6) is 0 Å². The first-order valence-corrected chi connectivity index (χ1v) is 9.47. The summed E-state index contributed by atoms with van der Waals surface area (Å²) in [6.45, 7) is 1.21. The van der Waals surface area contributed by atoms with Gasteiger partial charge in [0, 0.05) is 13.3 Å². The Morgan fingerprint density at radius 3 is 2.52 bits per heavy atom. The van der Waals surface area contributed by atoms with E-state index in [9.17, 15) is 18.3 Å². The maximum absolute atomic E-state index is 11.9. The number of carbonyl (C=O) groups is 1. The predicted molar refractivity (Wildman–Crippen MR) is 94.1 cm³/mol. The number of dihydropyridines is 1. The lowest BCUT2D eigenvalue weighted by atomic mass is 9.78. The molecule has 3 unspecified atom stereocenters. The number of methoxy groups -OCH3 is 1. The standard InChI is InChI=1S/C17H22N2O5S/c1-3-25(22,23)13-8-6-12(7-9-13)15(11-20)17(24-2)14(16(18)21)5-4-10-19-17/h4-10,14-15,20H,3,11H2,1-2H3,(H2,18,21). The number of allylic oxidation sites excluding steroid dienone is 1. The molecule has 0 fully saturated rings. The topological polar surface area (TPSA) is 119 Å². The normalized spacial score (nSPS) is 24.2. The van der Waals surface area contributed by atoms with Crippen LogP contribution in [0.3, 0.4) is 0 Å². The highest BCUT2D eigenvalue weighted by Gasteiger charge is 2.48. The summed E-state index contributed by atoms with van der Waals surface area (Å²) in [5.41, 5.74) is 4.69. The molecule has 0 saturated heterocycles. The zero-order valence-corrected chi connectivity index (χ0v) is 14.9. The average molecular weight is 366 g/mol. The molecule has 1 amide bonds. The van der Waals surface area contributed by atoms with Gasteiger partial charge in [0.05, 0.1) is 23.2 Å². The van der Waals surface area contributed by atoms with Gasteiger partial charge in [0.1, 0.15) is 5.92 Å². The summed E-state index contributed by atoms with van der Waals surface area (Å²) in [4.78, 5) is 16.4. The van der Waals surface area contributed by atoms with Crippen molar-refractivity contribution in [2.45, 2.75) is 23.5 Å². The summed E-state index contributed by atoms with van der Waals surface area (Å²) in [5, 5.41) is 9.95. The predicted octanol–water partition coefficient (Wildman–Crippen LogP) is 0.641. The Labute approximate surface area is 147 Å². The average Bonchev–Trinajstić information content (AvgIpc) is 2.62. The van der Waals surface area contributed by atoms with E-state index in [1.54, 1.807) is 31.2 Å². The molecular weight excluding hydrogens is 344 g/mol. The van der Waals surface area contributed by atoms with Crippen molar-refractivity contribution in [3.8, 4) is 0 Å². The van der Waals surface area contributed by atoms with Crippen LogP contribution >= 0.6 is 0 Å². The van der Waals surface area contributed by atoms with Gasteiger partial charge in [-0.15, -0.1) is 0 Å². The monoisotopic (exact) mass is 366 g/mol. The fourth-order valence-corrected chi connectivity index (χ4v) is 3.90. The molecule has 1 aliphatic heterocycles. The van der Waals surface area contributed by atoms with E-state index >= 15 is 0 Å². The van der Waals surface area contributed by atoms with Crippen LogP contribution < -0.4 is 5.73 Å². The van der Waals surface area contributed by atoms with E-state index in [2.05, 4.69) is 4.99 Å². The Bertz CT molecular complexity index is 786. The van der Waals surface area contributed by atoms with Crippen LogP contribution in [0.15, 0.2) is 46.3 Å². The Hall–Kier alpha value is -2.03. The first-order chi connectivity index (χ1) is 11.8. The molecule has 1 heterocycles. The van der Waals surface area contributed by atoms with Crippen LogP contribution in [0.25, 0.3) is 0 Å². The molecule has 1 aromatic rings. The Kier molecular flexibility index (Phi) is 5.76. The second-order valence-corrected chi connectivity index (χ2v) is 7.98. The first-order valence-electron chi connectivity index (χ1n) is 7.82. The Morgan fingerprint density at radius 1 is 1.40 bits per heavy atom. The van der Waals surface area contributed by atoms with Crippen molar-refractivity contribution in [2.75, 3.05) is 19.5 Å². The molecule has 136 valence electrons. The van der Waals surface area contributed by atoms with Gasteiger partial charge in [0.2, 0.25) is 5.91 Å². The molecule has 0 bridgehead atoms. The lowest BCUT2D eigenvalue weighted by molar-refractivity contribution is -0.134. The number of aliphatic imine (C=N–C) groups is 1. The highest BCUT2D eigenvalue weighted by Crippen LogP contribution is 2.40. The molecule has 2 rings (SSSR count). The van der Waals surface area contributed by atoms with Crippen molar-refractivity contribution in [1.29, 1.82) is 0 Å². The van der Waals surface area contributed by atoms with Gasteiger partial charge in [-0.25, -0.2) is 8.42 Å². The van der Waals surface area contributed by atoms with Crippen LogP contribution in [-0.4, -0.2) is 50.8 Å². The summed E-state index contributed by atoms with van der Waals surface area (Å²) in [6, 6.07) is 6.13. The number of hydrogen-bond acceptors (Lipinski definition) is 6. The largest absolute Gasteiger partial charge is 0.396 e. The highest BCUT2D eigenvalue weighted by atomic mass is 32.2. The number of nitrogens with zero attached hydrogens (tertiary/aromatic N) is 1. The minimum absolute atomic E-state index is 0.00335. The number of rotatable bonds is 7. The van der Waals surface area contributed by atoms with Gasteiger partial charge in [-0.2, -0.15) is 0 Å². The van der Waals surface area contributed by atoms with E-state index in [1.165, 1.54) is 25.5 Å². The van der Waals surface area contributed by atoms with Crippen LogP contribution in [0.2, 0.25) is 0 Å². The van der Waals surface area contributed by atoms with Gasteiger partial charge in [0.25, 0.3) is 0 Å². The third-order valence-corrected chi connectivity index (χ3v) is 6.20. The summed E-state index contributed by atoms with van der Waals surface area (Å²) in [7, 11) is -1.93. The number of benzene rings is 1. The number of nitrogens with two attached hydrogens (primary N) is 1. The maximum atomic E-state index is 11.9. The van der Waals surface area contributed by atoms with Crippen molar-refractivity contribution >= 4 is 22.0 Å². The number of carbonyl (C=O) groups excluding carboxylic acids is 1. The molecule has 25 heavy (non-hydrogen) atoms. The van der Waals surface area contributed by atoms with E-state index in [0.29, 0.717) is 5.56 Å². The Balaban J connectivity index is 2.49. The molecule has 0 spiro atoms. The van der Waals surface area contributed by atoms with Crippen LogP contribution in [0.4, 0.5) is 0 Å². The summed E-state index contributed by atoms with van der Waals surface area (Å²) in [5.74, 6) is -2.19. The van der Waals surface area contributed by atoms with Crippen molar-refractivity contribution in [3.63, 3.8) is 0 Å². The molecule has 0 aliphatic carbocycles. The lowest BCUT2D eigenvalue weighted by Gasteiger charge is -2.40. The molecule has 3 N–H and O–H groups in total. The number of aliphatic hydroxyl groups is 1. The third-order valence-electron chi connectivity index (χ3n) is 4.45. The summed E-state index contributed by atoms with van der Waals surface area (Å²) in [6.07, 6.45) is 4.66. The quantitative estimate of drug-likeness (QED) is 0.734. The number of primary amides is 1. The van der Waals surface area contributed by atoms with Gasteiger partial charge in [-0.05, 0) is 23.8 Å². The number of aliphatic hydroxyl groups excluding tert-OH is 1. The molecule has 0 saturated carbocycles. The molecule has 1 aromatic carbocycles. The number of sulfone groups is 1. The summed E-state index contributed by atoms with van der Waals surface area (Å²) < 4.78 is 29.4. The third kappa shape index (κ3) is 3.51. The van der Waals surface area contributed by atoms with Crippen molar-refractivity contribution < 1.29 is 23.1 Å². The van der Waals surface area contributed by atoms with E-state index < -0.39 is 33.3 Å². The number of hydrogen-bond donors (Lipinski definition) is 2. The number of amides is 1. The lowest BCUT2D eigenvalue weighted by Crippen LogP contribution is -2.51. The molecule has 3 atom stereocenters. The SMILES string of the molecule is CCS(=O)(=O)c1ccc(C(CO)C2(OC)N=CC=CC2C(N)=O)cc1. The summed E-state index contributed by atoms with van der Waals surface area (Å²) >= 11 is 0. The van der Waals surface area contributed by atoms with E-state index in [1.807, 2.05) is 0 Å². The second kappa shape index (κ2) is 7.47. The van der Waals surface area contributed by atoms with Crippen LogP contribution in [0.1, 0.15) is 18.4 Å². The first kappa shape index (κ1) is 19.3. The molecular formula is C17H22N2O5S. The zero-order valence-electron chi connectivity index (χ0n) is 14.1. The van der Waals surface area contributed by atoms with E-state index in [-0.39, 0.29) is 17.3 Å². The van der Waals surface area contributed by atoms with Crippen LogP contribution in [-0.2, 0) is 19.4 Å². The van der Waals surface area contributed by atoms with Crippen LogP contribution in [0, 0.1) is 5.92 Å². The number of ether oxygens (including phenoxy) is 1. The maximum Gasteiger partial charge on any atom is 0.229 e. The van der Waals surface area contributed by atoms with Gasteiger partial charge >= 0.3 is 0 Å². The van der Waals surface area contributed by atoms with Gasteiger partial charge in [-0.3, -0.25) is 9.79 Å². The highest BCUT2D eigenvalue weighted by molar-refractivity contribution is 7.91. The molecule has 8 heteroatoms. The van der Waals surface area contributed by atoms with Crippen molar-refractivity contribution in [1.82, 2.24) is 0 Å². The molecule has 0 radical (unpaired) electrons. The van der Waals surface area contributed by atoms with Gasteiger partial charge < -0.3 is 15.6 Å². The van der Waals surface area contributed by atoms with Gasteiger partial charge in [0.15, 0.2) is 15.6 Å². The zero-order chi connectivity index (χ0) is 18.7. The molecule has 7 nitrogen and oxygen atoms in total. The fraction of sp³-hybridized carbons (Fsp3) is 0.412. The minimum Gasteiger partial charge on any atom is -0.396 e. The van der Waals surface area contributed by atoms with E-state index in [0.717, 1.165) is 0 Å². The van der Waals surface area contributed by atoms with Crippen molar-refractivity contribution in [2.24, 2.45) is 16.6 Å². The molecule has 1 aliphatic rings.